The van der Waals surface area contributed by atoms with Gasteiger partial charge in [-0.15, -0.1) is 11.3 Å². The number of halogens is 3. The number of aliphatic hydroxyl groups is 1. The smallest absolute Gasteiger partial charge is 0.392 e. The zero-order valence-corrected chi connectivity index (χ0v) is 21.1. The number of aliphatic hydroxyl groups excluding tert-OH is 1. The average molecular weight is 514 g/mol. The van der Waals surface area contributed by atoms with Crippen molar-refractivity contribution in [2.24, 2.45) is 0 Å². The van der Waals surface area contributed by atoms with Gasteiger partial charge in [0.2, 0.25) is 0 Å². The van der Waals surface area contributed by atoms with Crippen LogP contribution in [0.3, 0.4) is 0 Å². The minimum absolute atomic E-state index is 0.0361. The summed E-state index contributed by atoms with van der Waals surface area (Å²) in [6.07, 6.45) is -2.96. The van der Waals surface area contributed by atoms with E-state index in [4.69, 9.17) is 0 Å². The molecule has 8 nitrogen and oxygen atoms in total. The summed E-state index contributed by atoms with van der Waals surface area (Å²) in [6.45, 7) is 9.12. The Labute approximate surface area is 206 Å². The lowest BCUT2D eigenvalue weighted by atomic mass is 10.1. The molecule has 1 fully saturated rings. The summed E-state index contributed by atoms with van der Waals surface area (Å²) in [5.74, 6) is -1.17. The van der Waals surface area contributed by atoms with Gasteiger partial charge in [0.1, 0.15) is 11.5 Å². The van der Waals surface area contributed by atoms with Gasteiger partial charge in [-0.25, -0.2) is 9.97 Å². The van der Waals surface area contributed by atoms with E-state index in [0.29, 0.717) is 17.9 Å². The Bertz CT molecular complexity index is 1100. The van der Waals surface area contributed by atoms with Gasteiger partial charge in [-0.3, -0.25) is 9.59 Å². The molecule has 1 aliphatic heterocycles. The number of amides is 2. The first kappa shape index (κ1) is 26.9. The molecule has 0 spiro atoms. The van der Waals surface area contributed by atoms with Crippen LogP contribution in [-0.4, -0.2) is 62.6 Å². The summed E-state index contributed by atoms with van der Waals surface area (Å²) in [4.78, 5) is 35.8. The van der Waals surface area contributed by atoms with Crippen molar-refractivity contribution in [3.8, 4) is 10.4 Å². The summed E-state index contributed by atoms with van der Waals surface area (Å²) in [5.41, 5.74) is -2.04. The molecule has 2 atom stereocenters. The summed E-state index contributed by atoms with van der Waals surface area (Å²) >= 11 is 0.697. The van der Waals surface area contributed by atoms with Crippen molar-refractivity contribution in [1.82, 2.24) is 20.2 Å². The normalized spacial score (nSPS) is 17.4. The second-order valence-electron chi connectivity index (χ2n) is 9.73. The van der Waals surface area contributed by atoms with Gasteiger partial charge >= 0.3 is 6.18 Å². The summed E-state index contributed by atoms with van der Waals surface area (Å²) in [6, 6.07) is 0.809. The maximum absolute atomic E-state index is 14.1. The molecule has 0 saturated carbocycles. The van der Waals surface area contributed by atoms with Gasteiger partial charge in [0, 0.05) is 36.4 Å². The Balaban J connectivity index is 2.14. The summed E-state index contributed by atoms with van der Waals surface area (Å²) < 4.78 is 42.4. The van der Waals surface area contributed by atoms with Gasteiger partial charge in [-0.1, -0.05) is 0 Å². The van der Waals surface area contributed by atoms with E-state index in [-0.39, 0.29) is 39.5 Å². The highest BCUT2D eigenvalue weighted by Crippen LogP contribution is 2.42. The molecule has 1 aliphatic rings. The fourth-order valence-corrected chi connectivity index (χ4v) is 4.75. The van der Waals surface area contributed by atoms with Crippen molar-refractivity contribution in [3.63, 3.8) is 0 Å². The van der Waals surface area contributed by atoms with Gasteiger partial charge in [-0.05, 0) is 53.5 Å². The number of aromatic nitrogens is 2. The lowest BCUT2D eigenvalue weighted by molar-refractivity contribution is -0.137. The highest BCUT2D eigenvalue weighted by Gasteiger charge is 2.38. The number of carbonyl (C=O) groups is 2. The third kappa shape index (κ3) is 6.49. The van der Waals surface area contributed by atoms with Gasteiger partial charge in [0.15, 0.2) is 5.01 Å². The van der Waals surface area contributed by atoms with E-state index < -0.39 is 35.2 Å². The third-order valence-corrected chi connectivity index (χ3v) is 6.44. The monoisotopic (exact) mass is 513 g/mol. The number of thiazole rings is 1. The number of hydrogen-bond donors (Lipinski definition) is 3. The lowest BCUT2D eigenvalue weighted by Gasteiger charge is -2.23. The fraction of sp³-hybridized carbons (Fsp3) is 0.565. The number of hydrogen-bond acceptors (Lipinski definition) is 7. The Hall–Kier alpha value is -2.73. The highest BCUT2D eigenvalue weighted by molar-refractivity contribution is 7.17. The van der Waals surface area contributed by atoms with E-state index >= 15 is 0 Å². The number of pyridine rings is 1. The van der Waals surface area contributed by atoms with Gasteiger partial charge in [-0.2, -0.15) is 13.2 Å². The Morgan fingerprint density at radius 1 is 1.31 bits per heavy atom. The zero-order chi connectivity index (χ0) is 26.1. The van der Waals surface area contributed by atoms with E-state index in [2.05, 4.69) is 20.6 Å². The third-order valence-electron chi connectivity index (χ3n) is 5.35. The maximum atomic E-state index is 14.1. The molecule has 0 aromatic carbocycles. The number of nitrogens with zero attached hydrogens (tertiary/aromatic N) is 3. The second kappa shape index (κ2) is 10.1. The molecule has 3 rings (SSSR count). The average Bonchev–Trinajstić information content (AvgIpc) is 3.36. The van der Waals surface area contributed by atoms with Crippen molar-refractivity contribution in [2.45, 2.75) is 71.3 Å². The first-order valence-electron chi connectivity index (χ1n) is 11.3. The first-order valence-corrected chi connectivity index (χ1v) is 12.1. The largest absolute Gasteiger partial charge is 0.417 e. The van der Waals surface area contributed by atoms with Crippen LogP contribution in [0.5, 0.6) is 0 Å². The molecular formula is C23H30F3N5O3S. The molecule has 0 radical (unpaired) electrons. The number of anilines is 1. The number of carbonyl (C=O) groups excluding carboxylic acids is 2. The van der Waals surface area contributed by atoms with Crippen LogP contribution in [0.4, 0.5) is 19.0 Å². The van der Waals surface area contributed by atoms with Crippen molar-refractivity contribution in [3.05, 3.63) is 28.5 Å². The predicted octanol–water partition coefficient (Wildman–Crippen LogP) is 4.17. The SMILES string of the molecule is C[C@@H](O)CNC(=O)c1nc(C(=O)N2CCC[C@@H]2C)c(-c2cnc(NC(C)(C)C)cc2C(F)(F)F)s1. The standard InChI is InChI=1S/C23H30F3N5O3S/c1-12-7-6-8-31(12)21(34)17-18(35-20(29-17)19(33)28-10-13(2)32)14-11-27-16(30-22(3,4)5)9-15(14)23(24,25)26/h9,11-13,32H,6-8,10H2,1-5H3,(H,27,30)(H,28,33)/t12-,13+/m0/s1. The van der Waals surface area contributed by atoms with Gasteiger partial charge in [0.05, 0.1) is 16.5 Å². The van der Waals surface area contributed by atoms with Crippen LogP contribution in [0.15, 0.2) is 12.3 Å². The number of nitrogens with one attached hydrogen (secondary N) is 2. The van der Waals surface area contributed by atoms with Crippen LogP contribution >= 0.6 is 11.3 Å². The zero-order valence-electron chi connectivity index (χ0n) is 20.3. The van der Waals surface area contributed by atoms with Crippen LogP contribution in [0, 0.1) is 0 Å². The Morgan fingerprint density at radius 3 is 2.54 bits per heavy atom. The van der Waals surface area contributed by atoms with Crippen LogP contribution in [-0.2, 0) is 6.18 Å². The Kier molecular flexibility index (Phi) is 7.75. The molecule has 192 valence electrons. The van der Waals surface area contributed by atoms with E-state index in [1.54, 1.807) is 25.7 Å². The minimum Gasteiger partial charge on any atom is -0.392 e. The number of alkyl halides is 3. The predicted molar refractivity (Wildman–Crippen MR) is 127 cm³/mol. The lowest BCUT2D eigenvalue weighted by Crippen LogP contribution is -2.34. The molecule has 3 N–H and O–H groups in total. The topological polar surface area (TPSA) is 107 Å². The molecule has 0 bridgehead atoms. The molecule has 12 heteroatoms. The molecule has 1 saturated heterocycles. The van der Waals surface area contributed by atoms with Crippen LogP contribution in [0.1, 0.15) is 73.3 Å². The van der Waals surface area contributed by atoms with Crippen molar-refractivity contribution in [1.29, 1.82) is 0 Å². The molecule has 2 amide bonds. The molecule has 2 aromatic rings. The molecule has 2 aromatic heterocycles. The van der Waals surface area contributed by atoms with Crippen LogP contribution in [0.2, 0.25) is 0 Å². The molecule has 0 unspecified atom stereocenters. The van der Waals surface area contributed by atoms with E-state index in [1.165, 1.54) is 6.92 Å². The maximum Gasteiger partial charge on any atom is 0.417 e. The van der Waals surface area contributed by atoms with Crippen molar-refractivity contribution >= 4 is 29.0 Å². The van der Waals surface area contributed by atoms with Crippen LogP contribution < -0.4 is 10.6 Å². The van der Waals surface area contributed by atoms with Crippen molar-refractivity contribution in [2.75, 3.05) is 18.4 Å². The van der Waals surface area contributed by atoms with E-state index in [0.717, 1.165) is 25.1 Å². The van der Waals surface area contributed by atoms with Crippen molar-refractivity contribution < 1.29 is 27.9 Å². The van der Waals surface area contributed by atoms with E-state index in [1.807, 2.05) is 6.92 Å². The second-order valence-corrected chi connectivity index (χ2v) is 10.7. The summed E-state index contributed by atoms with van der Waals surface area (Å²) in [7, 11) is 0. The van der Waals surface area contributed by atoms with Gasteiger partial charge < -0.3 is 20.6 Å². The molecular weight excluding hydrogens is 483 g/mol. The quantitative estimate of drug-likeness (QED) is 0.535. The minimum atomic E-state index is -4.74. The molecule has 0 aliphatic carbocycles. The molecule has 3 heterocycles. The number of rotatable bonds is 6. The fourth-order valence-electron chi connectivity index (χ4n) is 3.76. The van der Waals surface area contributed by atoms with Crippen LogP contribution in [0.25, 0.3) is 10.4 Å². The summed E-state index contributed by atoms with van der Waals surface area (Å²) in [5, 5.41) is 14.7. The first-order chi connectivity index (χ1) is 16.2. The highest BCUT2D eigenvalue weighted by atomic mass is 32.1. The van der Waals surface area contributed by atoms with Gasteiger partial charge in [0.25, 0.3) is 11.8 Å². The number of likely N-dealkylation sites (tertiary alicyclic amines) is 1. The Morgan fingerprint density at radius 2 is 2.00 bits per heavy atom. The van der Waals surface area contributed by atoms with E-state index in [9.17, 15) is 27.9 Å². The molecule has 35 heavy (non-hydrogen) atoms.